The van der Waals surface area contributed by atoms with Crippen LogP contribution in [0.5, 0.6) is 0 Å². The van der Waals surface area contributed by atoms with E-state index in [-0.39, 0.29) is 24.0 Å². The van der Waals surface area contributed by atoms with Gasteiger partial charge in [0.25, 0.3) is 16.0 Å². The van der Waals surface area contributed by atoms with Crippen LogP contribution in [0.2, 0.25) is 0 Å². The van der Waals surface area contributed by atoms with Crippen LogP contribution in [0.15, 0.2) is 59.5 Å². The second-order valence-corrected chi connectivity index (χ2v) is 6.33. The van der Waals surface area contributed by atoms with Gasteiger partial charge >= 0.3 is 0 Å². The molecule has 0 unspecified atom stereocenters. The molecule has 0 aliphatic rings. The van der Waals surface area contributed by atoms with Crippen LogP contribution in [-0.2, 0) is 14.3 Å². The van der Waals surface area contributed by atoms with Gasteiger partial charge in [0, 0.05) is 12.1 Å². The van der Waals surface area contributed by atoms with Crippen LogP contribution in [-0.4, -0.2) is 27.5 Å². The van der Waals surface area contributed by atoms with E-state index in [1.165, 1.54) is 12.1 Å². The highest BCUT2D eigenvalue weighted by molar-refractivity contribution is 7.86. The van der Waals surface area contributed by atoms with Crippen molar-refractivity contribution in [1.29, 1.82) is 0 Å². The van der Waals surface area contributed by atoms with Gasteiger partial charge in [0.2, 0.25) is 0 Å². The fourth-order valence-electron chi connectivity index (χ4n) is 1.78. The molecule has 0 aliphatic carbocycles. The van der Waals surface area contributed by atoms with Gasteiger partial charge in [-0.25, -0.2) is 0 Å². The van der Waals surface area contributed by atoms with Crippen LogP contribution in [0.3, 0.4) is 0 Å². The highest BCUT2D eigenvalue weighted by Gasteiger charge is 2.14. The molecule has 0 saturated carbocycles. The number of hydrogen-bond donors (Lipinski definition) is 1. The molecule has 22 heavy (non-hydrogen) atoms. The Morgan fingerprint density at radius 1 is 1.05 bits per heavy atom. The Bertz CT molecular complexity index is 725. The Balaban J connectivity index is 1.83. The fraction of sp³-hybridized carbons (Fsp3) is 0.188. The number of carbonyl (C=O) groups excluding carboxylic acids is 1. The lowest BCUT2D eigenvalue weighted by molar-refractivity contribution is 0.0947. The van der Waals surface area contributed by atoms with Gasteiger partial charge in [-0.05, 0) is 31.2 Å². The van der Waals surface area contributed by atoms with E-state index in [2.05, 4.69) is 5.32 Å². The van der Waals surface area contributed by atoms with E-state index in [9.17, 15) is 13.2 Å². The first-order valence-corrected chi connectivity index (χ1v) is 8.19. The normalized spacial score (nSPS) is 11.1. The lowest BCUT2D eigenvalue weighted by Crippen LogP contribution is -2.28. The maximum absolute atomic E-state index is 11.9. The van der Waals surface area contributed by atoms with Crippen LogP contribution in [0.1, 0.15) is 15.9 Å². The first-order valence-electron chi connectivity index (χ1n) is 6.78. The average Bonchev–Trinajstić information content (AvgIpc) is 2.52. The molecule has 5 nitrogen and oxygen atoms in total. The zero-order chi connectivity index (χ0) is 16.0. The molecular weight excluding hydrogens is 302 g/mol. The standard InChI is InChI=1S/C16H17NO4S/c1-13-7-9-15(10-8-13)22(19,20)21-12-11-17-16(18)14-5-3-2-4-6-14/h2-10H,11-12H2,1H3,(H,17,18). The quantitative estimate of drug-likeness (QED) is 0.654. The lowest BCUT2D eigenvalue weighted by Gasteiger charge is -2.07. The second-order valence-electron chi connectivity index (χ2n) is 4.71. The zero-order valence-electron chi connectivity index (χ0n) is 12.2. The molecule has 0 aromatic heterocycles. The van der Waals surface area contributed by atoms with E-state index < -0.39 is 10.1 Å². The van der Waals surface area contributed by atoms with Gasteiger partial charge in [-0.15, -0.1) is 0 Å². The molecule has 0 atom stereocenters. The zero-order valence-corrected chi connectivity index (χ0v) is 13.0. The van der Waals surface area contributed by atoms with Crippen LogP contribution in [0, 0.1) is 6.92 Å². The number of aryl methyl sites for hydroxylation is 1. The maximum atomic E-state index is 11.9. The van der Waals surface area contributed by atoms with E-state index in [1.807, 2.05) is 13.0 Å². The highest BCUT2D eigenvalue weighted by atomic mass is 32.2. The molecule has 2 aromatic rings. The molecule has 0 heterocycles. The monoisotopic (exact) mass is 319 g/mol. The Labute approximate surface area is 130 Å². The van der Waals surface area contributed by atoms with Gasteiger partial charge in [-0.3, -0.25) is 8.98 Å². The molecule has 0 saturated heterocycles. The molecule has 116 valence electrons. The minimum absolute atomic E-state index is 0.104. The molecule has 0 radical (unpaired) electrons. The third kappa shape index (κ3) is 4.41. The smallest absolute Gasteiger partial charge is 0.297 e. The number of nitrogens with one attached hydrogen (secondary N) is 1. The number of hydrogen-bond acceptors (Lipinski definition) is 4. The number of benzene rings is 2. The van der Waals surface area contributed by atoms with Gasteiger partial charge in [-0.1, -0.05) is 35.9 Å². The molecule has 1 N–H and O–H groups in total. The third-order valence-electron chi connectivity index (χ3n) is 2.97. The van der Waals surface area contributed by atoms with E-state index in [1.54, 1.807) is 36.4 Å². The molecule has 2 aromatic carbocycles. The van der Waals surface area contributed by atoms with Gasteiger partial charge in [0.1, 0.15) is 0 Å². The third-order valence-corrected chi connectivity index (χ3v) is 4.30. The summed E-state index contributed by atoms with van der Waals surface area (Å²) in [5.41, 5.74) is 1.48. The van der Waals surface area contributed by atoms with Crippen molar-refractivity contribution in [1.82, 2.24) is 5.32 Å². The minimum atomic E-state index is -3.79. The molecule has 1 amide bonds. The van der Waals surface area contributed by atoms with E-state index >= 15 is 0 Å². The van der Waals surface area contributed by atoms with Gasteiger partial charge in [0.05, 0.1) is 11.5 Å². The van der Waals surface area contributed by atoms with Crippen molar-refractivity contribution in [3.05, 3.63) is 65.7 Å². The van der Waals surface area contributed by atoms with Crippen LogP contribution in [0.25, 0.3) is 0 Å². The van der Waals surface area contributed by atoms with Crippen molar-refractivity contribution in [3.8, 4) is 0 Å². The number of rotatable bonds is 6. The number of amides is 1. The first-order chi connectivity index (χ1) is 10.5. The lowest BCUT2D eigenvalue weighted by atomic mass is 10.2. The van der Waals surface area contributed by atoms with Gasteiger partial charge < -0.3 is 5.32 Å². The summed E-state index contributed by atoms with van der Waals surface area (Å²) >= 11 is 0. The average molecular weight is 319 g/mol. The van der Waals surface area contributed by atoms with Crippen molar-refractivity contribution in [2.24, 2.45) is 0 Å². The Morgan fingerprint density at radius 2 is 1.68 bits per heavy atom. The topological polar surface area (TPSA) is 72.5 Å². The predicted octanol–water partition coefficient (Wildman–Crippen LogP) is 2.13. The summed E-state index contributed by atoms with van der Waals surface area (Å²) in [5.74, 6) is -0.267. The summed E-state index contributed by atoms with van der Waals surface area (Å²) in [5, 5.41) is 2.60. The highest BCUT2D eigenvalue weighted by Crippen LogP contribution is 2.12. The molecule has 6 heteroatoms. The van der Waals surface area contributed by atoms with Gasteiger partial charge in [0.15, 0.2) is 0 Å². The Morgan fingerprint density at radius 3 is 2.32 bits per heavy atom. The summed E-state index contributed by atoms with van der Waals surface area (Å²) < 4.78 is 28.7. The summed E-state index contributed by atoms with van der Waals surface area (Å²) in [4.78, 5) is 11.9. The summed E-state index contributed by atoms with van der Waals surface area (Å²) in [6, 6.07) is 15.1. The Hall–Kier alpha value is -2.18. The second kappa shape index (κ2) is 7.20. The van der Waals surface area contributed by atoms with Crippen molar-refractivity contribution in [3.63, 3.8) is 0 Å². The SMILES string of the molecule is Cc1ccc(S(=O)(=O)OCCNC(=O)c2ccccc2)cc1. The van der Waals surface area contributed by atoms with Crippen LogP contribution in [0.4, 0.5) is 0 Å². The van der Waals surface area contributed by atoms with Crippen molar-refractivity contribution in [2.75, 3.05) is 13.2 Å². The largest absolute Gasteiger partial charge is 0.350 e. The van der Waals surface area contributed by atoms with E-state index in [0.29, 0.717) is 5.56 Å². The summed E-state index contributed by atoms with van der Waals surface area (Å²) in [6.07, 6.45) is 0. The molecule has 2 rings (SSSR count). The van der Waals surface area contributed by atoms with Crippen LogP contribution >= 0.6 is 0 Å². The molecule has 0 spiro atoms. The predicted molar refractivity (Wildman–Crippen MR) is 83.1 cm³/mol. The number of carbonyl (C=O) groups is 1. The summed E-state index contributed by atoms with van der Waals surface area (Å²) in [6.45, 7) is 1.87. The fourth-order valence-corrected chi connectivity index (χ4v) is 2.69. The molecule has 0 fully saturated rings. The Kier molecular flexibility index (Phi) is 5.30. The molecule has 0 aliphatic heterocycles. The first kappa shape index (κ1) is 16.2. The maximum Gasteiger partial charge on any atom is 0.297 e. The van der Waals surface area contributed by atoms with E-state index in [0.717, 1.165) is 5.56 Å². The molecular formula is C16H17NO4S. The van der Waals surface area contributed by atoms with Crippen molar-refractivity contribution < 1.29 is 17.4 Å². The van der Waals surface area contributed by atoms with Crippen LogP contribution < -0.4 is 5.32 Å². The molecule has 0 bridgehead atoms. The minimum Gasteiger partial charge on any atom is -0.350 e. The van der Waals surface area contributed by atoms with Crippen molar-refractivity contribution >= 4 is 16.0 Å². The summed E-state index contributed by atoms with van der Waals surface area (Å²) in [7, 11) is -3.79. The van der Waals surface area contributed by atoms with Gasteiger partial charge in [-0.2, -0.15) is 8.42 Å². The van der Waals surface area contributed by atoms with E-state index in [4.69, 9.17) is 4.18 Å². The van der Waals surface area contributed by atoms with Crippen molar-refractivity contribution in [2.45, 2.75) is 11.8 Å².